The molecule has 1 aromatic carbocycles. The van der Waals surface area contributed by atoms with E-state index >= 15 is 0 Å². The van der Waals surface area contributed by atoms with E-state index in [1.165, 1.54) is 12.1 Å². The molecule has 6 nitrogen and oxygen atoms in total. The third-order valence-corrected chi connectivity index (χ3v) is 5.63. The van der Waals surface area contributed by atoms with Gasteiger partial charge in [0.05, 0.1) is 24.4 Å². The number of ether oxygens (including phenoxy) is 2. The van der Waals surface area contributed by atoms with Crippen molar-refractivity contribution in [3.63, 3.8) is 0 Å². The normalized spacial score (nSPS) is 26.2. The Kier molecular flexibility index (Phi) is 4.96. The van der Waals surface area contributed by atoms with E-state index < -0.39 is 0 Å². The summed E-state index contributed by atoms with van der Waals surface area (Å²) < 4.78 is 26.8. The molecule has 2 aromatic rings. The molecule has 0 saturated carbocycles. The Hall–Kier alpha value is -1.54. The maximum absolute atomic E-state index is 13.2. The van der Waals surface area contributed by atoms with Gasteiger partial charge in [-0.05, 0) is 37.1 Å². The number of hydrogen-bond donors (Lipinski definition) is 0. The summed E-state index contributed by atoms with van der Waals surface area (Å²) >= 11 is 0. The average molecular weight is 381 g/mol. The van der Waals surface area contributed by atoms with Crippen LogP contribution in [0.4, 0.5) is 4.39 Å². The summed E-state index contributed by atoms with van der Waals surface area (Å²) in [5.74, 6) is -0.246. The van der Waals surface area contributed by atoms with Gasteiger partial charge in [-0.15, -0.1) is 17.5 Å². The zero-order valence-electron chi connectivity index (χ0n) is 14.4. The van der Waals surface area contributed by atoms with Crippen LogP contribution < -0.4 is 0 Å². The molecule has 2 atom stereocenters. The molecular weight excluding hydrogens is 359 g/mol. The SMILES string of the molecule is Cl.Fc1ccc(-c2nnn3c2CO[C@H]2CN(C4CCOCC4)C[C@@H]23)cc1. The van der Waals surface area contributed by atoms with E-state index in [0.29, 0.717) is 12.6 Å². The molecule has 0 N–H and O–H groups in total. The molecule has 2 saturated heterocycles. The van der Waals surface area contributed by atoms with Gasteiger partial charge in [0.1, 0.15) is 11.5 Å². The Morgan fingerprint density at radius 1 is 1.08 bits per heavy atom. The summed E-state index contributed by atoms with van der Waals surface area (Å²) in [4.78, 5) is 2.52. The molecule has 2 fully saturated rings. The highest BCUT2D eigenvalue weighted by atomic mass is 35.5. The van der Waals surface area contributed by atoms with Crippen molar-refractivity contribution in [1.29, 1.82) is 0 Å². The predicted molar refractivity (Wildman–Crippen MR) is 95.7 cm³/mol. The molecule has 140 valence electrons. The van der Waals surface area contributed by atoms with Gasteiger partial charge in [0.2, 0.25) is 0 Å². The van der Waals surface area contributed by atoms with Gasteiger partial charge in [-0.25, -0.2) is 9.07 Å². The van der Waals surface area contributed by atoms with Gasteiger partial charge in [0.15, 0.2) is 0 Å². The molecule has 0 aliphatic carbocycles. The minimum absolute atomic E-state index is 0. The van der Waals surface area contributed by atoms with E-state index in [-0.39, 0.29) is 30.4 Å². The fraction of sp³-hybridized carbons (Fsp3) is 0.556. The Morgan fingerprint density at radius 2 is 1.85 bits per heavy atom. The molecular formula is C18H22ClFN4O2. The third kappa shape index (κ3) is 3.03. The molecule has 26 heavy (non-hydrogen) atoms. The maximum Gasteiger partial charge on any atom is 0.123 e. The van der Waals surface area contributed by atoms with Gasteiger partial charge in [0, 0.05) is 37.9 Å². The largest absolute Gasteiger partial charge is 0.381 e. The summed E-state index contributed by atoms with van der Waals surface area (Å²) in [6.45, 7) is 4.08. The van der Waals surface area contributed by atoms with Crippen molar-refractivity contribution in [2.24, 2.45) is 0 Å². The minimum Gasteiger partial charge on any atom is -0.381 e. The van der Waals surface area contributed by atoms with Crippen LogP contribution in [0, 0.1) is 5.82 Å². The number of halogens is 2. The first-order valence-electron chi connectivity index (χ1n) is 8.93. The Morgan fingerprint density at radius 3 is 2.62 bits per heavy atom. The summed E-state index contributed by atoms with van der Waals surface area (Å²) in [6, 6.07) is 7.18. The standard InChI is InChI=1S/C18H21FN4O2.ClH/c19-13-3-1-12(2-4-13)18-16-11-25-17-10-22(14-5-7-24-8-6-14)9-15(17)23(16)21-20-18;/h1-4,14-15,17H,5-11H2;1H/t15-,17-;/m0./s1. The number of aromatic nitrogens is 3. The van der Waals surface area contributed by atoms with E-state index in [1.807, 2.05) is 4.68 Å². The van der Waals surface area contributed by atoms with Gasteiger partial charge in [-0.2, -0.15) is 0 Å². The number of rotatable bonds is 2. The summed E-state index contributed by atoms with van der Waals surface area (Å²) in [7, 11) is 0. The highest BCUT2D eigenvalue weighted by molar-refractivity contribution is 5.85. The lowest BCUT2D eigenvalue weighted by molar-refractivity contribution is -0.00870. The molecule has 1 aromatic heterocycles. The molecule has 4 heterocycles. The van der Waals surface area contributed by atoms with Gasteiger partial charge in [-0.3, -0.25) is 4.90 Å². The lowest BCUT2D eigenvalue weighted by Gasteiger charge is -2.30. The van der Waals surface area contributed by atoms with Gasteiger partial charge in [0.25, 0.3) is 0 Å². The van der Waals surface area contributed by atoms with Crippen molar-refractivity contribution in [3.05, 3.63) is 35.8 Å². The van der Waals surface area contributed by atoms with Crippen molar-refractivity contribution in [1.82, 2.24) is 19.9 Å². The van der Waals surface area contributed by atoms with Crippen LogP contribution >= 0.6 is 12.4 Å². The number of nitrogens with zero attached hydrogens (tertiary/aromatic N) is 4. The van der Waals surface area contributed by atoms with E-state index in [0.717, 1.165) is 56.1 Å². The van der Waals surface area contributed by atoms with Crippen LogP contribution in [0.15, 0.2) is 24.3 Å². The molecule has 8 heteroatoms. The van der Waals surface area contributed by atoms with Crippen LogP contribution in [-0.2, 0) is 16.1 Å². The zero-order valence-corrected chi connectivity index (χ0v) is 15.2. The summed E-state index contributed by atoms with van der Waals surface area (Å²) in [5.41, 5.74) is 2.66. The smallest absolute Gasteiger partial charge is 0.123 e. The molecule has 0 radical (unpaired) electrons. The number of fused-ring (bicyclic) bond motifs is 3. The van der Waals surface area contributed by atoms with Crippen LogP contribution in [0.3, 0.4) is 0 Å². The van der Waals surface area contributed by atoms with Crippen molar-refractivity contribution in [2.75, 3.05) is 26.3 Å². The molecule has 3 aliphatic heterocycles. The van der Waals surface area contributed by atoms with Crippen LogP contribution in [0.25, 0.3) is 11.3 Å². The highest BCUT2D eigenvalue weighted by Gasteiger charge is 2.42. The molecule has 0 spiro atoms. The first kappa shape index (κ1) is 17.9. The molecule has 0 amide bonds. The second kappa shape index (κ2) is 7.23. The molecule has 0 bridgehead atoms. The molecule has 5 rings (SSSR count). The Bertz CT molecular complexity index is 763. The Labute approximate surface area is 157 Å². The number of hydrogen-bond acceptors (Lipinski definition) is 5. The van der Waals surface area contributed by atoms with Crippen molar-refractivity contribution >= 4 is 12.4 Å². The third-order valence-electron chi connectivity index (χ3n) is 5.63. The summed E-state index contributed by atoms with van der Waals surface area (Å²) in [5, 5.41) is 8.79. The Balaban J connectivity index is 0.00000168. The topological polar surface area (TPSA) is 52.4 Å². The van der Waals surface area contributed by atoms with Crippen LogP contribution in [0.1, 0.15) is 24.6 Å². The summed E-state index contributed by atoms with van der Waals surface area (Å²) in [6.07, 6.45) is 2.34. The van der Waals surface area contributed by atoms with E-state index in [2.05, 4.69) is 15.2 Å². The van der Waals surface area contributed by atoms with Gasteiger partial charge in [-0.1, -0.05) is 5.21 Å². The monoisotopic (exact) mass is 380 g/mol. The lowest BCUT2D eigenvalue weighted by Crippen LogP contribution is -2.38. The fourth-order valence-electron chi connectivity index (χ4n) is 4.26. The minimum atomic E-state index is -0.246. The van der Waals surface area contributed by atoms with Crippen LogP contribution in [0.5, 0.6) is 0 Å². The molecule has 3 aliphatic rings. The van der Waals surface area contributed by atoms with Gasteiger partial charge < -0.3 is 9.47 Å². The highest BCUT2D eigenvalue weighted by Crippen LogP contribution is 2.36. The van der Waals surface area contributed by atoms with Crippen LogP contribution in [-0.4, -0.2) is 58.3 Å². The first-order chi connectivity index (χ1) is 12.3. The lowest BCUT2D eigenvalue weighted by atomic mass is 10.1. The van der Waals surface area contributed by atoms with Gasteiger partial charge >= 0.3 is 0 Å². The number of benzene rings is 1. The fourth-order valence-corrected chi connectivity index (χ4v) is 4.26. The quantitative estimate of drug-likeness (QED) is 0.801. The van der Waals surface area contributed by atoms with Crippen molar-refractivity contribution in [3.8, 4) is 11.3 Å². The second-order valence-electron chi connectivity index (χ2n) is 7.05. The zero-order chi connectivity index (χ0) is 16.8. The predicted octanol–water partition coefficient (Wildman–Crippen LogP) is 2.44. The first-order valence-corrected chi connectivity index (χ1v) is 8.93. The van der Waals surface area contributed by atoms with E-state index in [1.54, 1.807) is 12.1 Å². The average Bonchev–Trinajstić information content (AvgIpc) is 3.27. The number of likely N-dealkylation sites (tertiary alicyclic amines) is 1. The van der Waals surface area contributed by atoms with Crippen LogP contribution in [0.2, 0.25) is 0 Å². The maximum atomic E-state index is 13.2. The molecule has 0 unspecified atom stereocenters. The van der Waals surface area contributed by atoms with Crippen molar-refractivity contribution < 1.29 is 13.9 Å². The van der Waals surface area contributed by atoms with E-state index in [9.17, 15) is 4.39 Å². The second-order valence-corrected chi connectivity index (χ2v) is 7.05. The van der Waals surface area contributed by atoms with E-state index in [4.69, 9.17) is 9.47 Å². The van der Waals surface area contributed by atoms with Crippen molar-refractivity contribution in [2.45, 2.75) is 37.6 Å².